The lowest BCUT2D eigenvalue weighted by Gasteiger charge is -2.24. The van der Waals surface area contributed by atoms with Crippen LogP contribution < -0.4 is 10.6 Å². The summed E-state index contributed by atoms with van der Waals surface area (Å²) < 4.78 is 0.361. The van der Waals surface area contributed by atoms with E-state index in [-0.39, 0.29) is 0 Å². The van der Waals surface area contributed by atoms with Gasteiger partial charge in [-0.3, -0.25) is 4.99 Å². The van der Waals surface area contributed by atoms with Gasteiger partial charge in [0.15, 0.2) is 5.96 Å². The minimum Gasteiger partial charge on any atom is -0.355 e. The molecule has 20 heavy (non-hydrogen) atoms. The number of hydrogen-bond acceptors (Lipinski definition) is 2. The molecule has 2 N–H and O–H groups in total. The zero-order chi connectivity index (χ0) is 14.4. The molecule has 1 saturated heterocycles. The predicted octanol–water partition coefficient (Wildman–Crippen LogP) is 2.95. The van der Waals surface area contributed by atoms with Crippen molar-refractivity contribution in [3.05, 3.63) is 35.4 Å². The molecule has 0 saturated carbocycles. The number of benzene rings is 1. The van der Waals surface area contributed by atoms with E-state index < -0.39 is 0 Å². The molecule has 2 rings (SSSR count). The summed E-state index contributed by atoms with van der Waals surface area (Å²) in [6.45, 7) is 6.27. The van der Waals surface area contributed by atoms with E-state index >= 15 is 0 Å². The zero-order valence-corrected chi connectivity index (χ0v) is 13.5. The first-order valence-corrected chi connectivity index (χ1v) is 8.24. The van der Waals surface area contributed by atoms with Gasteiger partial charge in [-0.1, -0.05) is 24.3 Å². The van der Waals surface area contributed by atoms with E-state index in [4.69, 9.17) is 0 Å². The summed E-state index contributed by atoms with van der Waals surface area (Å²) >= 11 is 2.07. The number of thioether (sulfide) groups is 1. The summed E-state index contributed by atoms with van der Waals surface area (Å²) in [7, 11) is 1.83. The lowest BCUT2D eigenvalue weighted by molar-refractivity contribution is 0.584. The summed E-state index contributed by atoms with van der Waals surface area (Å²) in [5.41, 5.74) is 2.63. The third-order valence-electron chi connectivity index (χ3n) is 3.86. The van der Waals surface area contributed by atoms with Crippen LogP contribution in [0, 0.1) is 6.92 Å². The molecular formula is C16H25N3S. The molecule has 0 bridgehead atoms. The summed E-state index contributed by atoms with van der Waals surface area (Å²) in [4.78, 5) is 4.31. The Kier molecular flexibility index (Phi) is 5.35. The molecule has 0 aromatic heterocycles. The third kappa shape index (κ3) is 4.17. The highest BCUT2D eigenvalue weighted by molar-refractivity contribution is 8.00. The second-order valence-corrected chi connectivity index (χ2v) is 7.29. The van der Waals surface area contributed by atoms with Gasteiger partial charge in [0.05, 0.1) is 0 Å². The highest BCUT2D eigenvalue weighted by Crippen LogP contribution is 2.36. The van der Waals surface area contributed by atoms with Crippen LogP contribution in [0.15, 0.2) is 29.3 Å². The van der Waals surface area contributed by atoms with Gasteiger partial charge in [-0.25, -0.2) is 0 Å². The average molecular weight is 291 g/mol. The Morgan fingerprint density at radius 3 is 2.80 bits per heavy atom. The second kappa shape index (κ2) is 7.02. The summed E-state index contributed by atoms with van der Waals surface area (Å²) in [6.07, 6.45) is 2.62. The molecule has 110 valence electrons. The van der Waals surface area contributed by atoms with Crippen LogP contribution in [0.4, 0.5) is 0 Å². The van der Waals surface area contributed by atoms with Gasteiger partial charge >= 0.3 is 0 Å². The monoisotopic (exact) mass is 291 g/mol. The smallest absolute Gasteiger partial charge is 0.191 e. The lowest BCUT2D eigenvalue weighted by atomic mass is 10.1. The van der Waals surface area contributed by atoms with Crippen LogP contribution in [-0.4, -0.2) is 30.1 Å². The van der Waals surface area contributed by atoms with Crippen LogP contribution in [0.25, 0.3) is 0 Å². The van der Waals surface area contributed by atoms with Crippen LogP contribution in [0.1, 0.15) is 30.9 Å². The maximum absolute atomic E-state index is 4.31. The number of aryl methyl sites for hydroxylation is 1. The Balaban J connectivity index is 1.82. The van der Waals surface area contributed by atoms with E-state index in [1.165, 1.54) is 29.7 Å². The van der Waals surface area contributed by atoms with E-state index in [1.54, 1.807) is 0 Å². The summed E-state index contributed by atoms with van der Waals surface area (Å²) in [5.74, 6) is 2.18. The first kappa shape index (κ1) is 15.2. The van der Waals surface area contributed by atoms with Crippen molar-refractivity contribution in [1.29, 1.82) is 0 Å². The Morgan fingerprint density at radius 2 is 2.15 bits per heavy atom. The fraction of sp³-hybridized carbons (Fsp3) is 0.562. The van der Waals surface area contributed by atoms with Crippen molar-refractivity contribution in [3.8, 4) is 0 Å². The Bertz CT molecular complexity index is 465. The van der Waals surface area contributed by atoms with Gasteiger partial charge in [-0.05, 0) is 43.6 Å². The van der Waals surface area contributed by atoms with E-state index in [9.17, 15) is 0 Å². The standard InChI is InChI=1S/C16H25N3S/c1-13-7-4-5-8-14(13)11-18-15(17-3)19-12-16(2)9-6-10-20-16/h4-5,7-8H,6,9-12H2,1-3H3,(H2,17,18,19). The fourth-order valence-electron chi connectivity index (χ4n) is 2.45. The van der Waals surface area contributed by atoms with Gasteiger partial charge < -0.3 is 10.6 Å². The molecule has 1 aliphatic rings. The molecule has 1 fully saturated rings. The highest BCUT2D eigenvalue weighted by Gasteiger charge is 2.29. The van der Waals surface area contributed by atoms with Crippen LogP contribution >= 0.6 is 11.8 Å². The van der Waals surface area contributed by atoms with E-state index in [1.807, 2.05) is 7.05 Å². The Morgan fingerprint density at radius 1 is 1.35 bits per heavy atom. The number of rotatable bonds is 4. The molecule has 0 radical (unpaired) electrons. The molecule has 1 heterocycles. The molecule has 4 heteroatoms. The van der Waals surface area contributed by atoms with Gasteiger partial charge in [0.25, 0.3) is 0 Å². The molecule has 0 spiro atoms. The summed E-state index contributed by atoms with van der Waals surface area (Å²) in [5, 5.41) is 6.86. The van der Waals surface area contributed by atoms with Crippen LogP contribution in [-0.2, 0) is 6.54 Å². The van der Waals surface area contributed by atoms with Crippen LogP contribution in [0.3, 0.4) is 0 Å². The minimum absolute atomic E-state index is 0.361. The van der Waals surface area contributed by atoms with Gasteiger partial charge in [0.2, 0.25) is 0 Å². The number of nitrogens with zero attached hydrogens (tertiary/aromatic N) is 1. The van der Waals surface area contributed by atoms with Gasteiger partial charge in [0.1, 0.15) is 0 Å². The molecule has 1 unspecified atom stereocenters. The Labute approximate surface area is 126 Å². The summed E-state index contributed by atoms with van der Waals surface area (Å²) in [6, 6.07) is 8.45. The third-order valence-corrected chi connectivity index (χ3v) is 5.40. The molecule has 3 nitrogen and oxygen atoms in total. The average Bonchev–Trinajstić information content (AvgIpc) is 2.88. The first-order valence-electron chi connectivity index (χ1n) is 7.26. The fourth-order valence-corrected chi connectivity index (χ4v) is 3.70. The lowest BCUT2D eigenvalue weighted by Crippen LogP contribution is -2.43. The van der Waals surface area contributed by atoms with Crippen molar-refractivity contribution in [2.24, 2.45) is 4.99 Å². The molecule has 1 aromatic carbocycles. The minimum atomic E-state index is 0.361. The number of guanidine groups is 1. The van der Waals surface area contributed by atoms with Crippen molar-refractivity contribution >= 4 is 17.7 Å². The number of aliphatic imine (C=N–C) groups is 1. The van der Waals surface area contributed by atoms with Crippen molar-refractivity contribution < 1.29 is 0 Å². The molecule has 0 aliphatic carbocycles. The number of nitrogens with one attached hydrogen (secondary N) is 2. The molecule has 1 aliphatic heterocycles. The molecule has 0 amide bonds. The molecule has 1 aromatic rings. The first-order chi connectivity index (χ1) is 9.63. The largest absolute Gasteiger partial charge is 0.355 e. The van der Waals surface area contributed by atoms with Crippen molar-refractivity contribution in [2.45, 2.75) is 38.0 Å². The van der Waals surface area contributed by atoms with Gasteiger partial charge in [-0.15, -0.1) is 0 Å². The van der Waals surface area contributed by atoms with Gasteiger partial charge in [-0.2, -0.15) is 11.8 Å². The van der Waals surface area contributed by atoms with Crippen molar-refractivity contribution in [2.75, 3.05) is 19.3 Å². The number of hydrogen-bond donors (Lipinski definition) is 2. The quantitative estimate of drug-likeness (QED) is 0.661. The van der Waals surface area contributed by atoms with Crippen LogP contribution in [0.2, 0.25) is 0 Å². The van der Waals surface area contributed by atoms with E-state index in [2.05, 4.69) is 65.5 Å². The molecular weight excluding hydrogens is 266 g/mol. The second-order valence-electron chi connectivity index (χ2n) is 5.61. The normalized spacial score (nSPS) is 22.9. The van der Waals surface area contributed by atoms with Crippen molar-refractivity contribution in [3.63, 3.8) is 0 Å². The highest BCUT2D eigenvalue weighted by atomic mass is 32.2. The SMILES string of the molecule is CN=C(NCc1ccccc1C)NCC1(C)CCCS1. The van der Waals surface area contributed by atoms with E-state index in [0.717, 1.165) is 19.0 Å². The predicted molar refractivity (Wildman–Crippen MR) is 89.5 cm³/mol. The maximum Gasteiger partial charge on any atom is 0.191 e. The molecule has 1 atom stereocenters. The topological polar surface area (TPSA) is 36.4 Å². The van der Waals surface area contributed by atoms with Crippen molar-refractivity contribution in [1.82, 2.24) is 10.6 Å². The zero-order valence-electron chi connectivity index (χ0n) is 12.7. The van der Waals surface area contributed by atoms with E-state index in [0.29, 0.717) is 4.75 Å². The van der Waals surface area contributed by atoms with Crippen LogP contribution in [0.5, 0.6) is 0 Å². The van der Waals surface area contributed by atoms with Gasteiger partial charge in [0, 0.05) is 24.9 Å². The Hall–Kier alpha value is -1.16. The maximum atomic E-state index is 4.31.